The molecule has 3 heteroatoms. The summed E-state index contributed by atoms with van der Waals surface area (Å²) in [6.45, 7) is 0.617. The molecule has 0 radical (unpaired) electrons. The van der Waals surface area contributed by atoms with Gasteiger partial charge < -0.3 is 4.57 Å². The lowest BCUT2D eigenvalue weighted by atomic mass is 10.1. The Balaban J connectivity index is 1.99. The molecule has 0 N–H and O–H groups in total. The van der Waals surface area contributed by atoms with Crippen molar-refractivity contribution in [3.63, 3.8) is 0 Å². The van der Waals surface area contributed by atoms with Crippen molar-refractivity contribution in [2.75, 3.05) is 0 Å². The van der Waals surface area contributed by atoms with Crippen LogP contribution in [-0.4, -0.2) is 14.2 Å². The summed E-state index contributed by atoms with van der Waals surface area (Å²) >= 11 is 0. The van der Waals surface area contributed by atoms with E-state index in [2.05, 4.69) is 21.7 Å². The van der Waals surface area contributed by atoms with Gasteiger partial charge in [-0.15, -0.1) is 6.42 Å². The van der Waals surface area contributed by atoms with Crippen molar-refractivity contribution < 1.29 is 0 Å². The highest BCUT2D eigenvalue weighted by Crippen LogP contribution is 2.33. The Morgan fingerprint density at radius 1 is 1.38 bits per heavy atom. The molecule has 1 fully saturated rings. The number of rotatable bonds is 2. The van der Waals surface area contributed by atoms with Gasteiger partial charge in [0.05, 0.1) is 12.2 Å². The molecular formula is C13H15N3. The lowest BCUT2D eigenvalue weighted by molar-refractivity contribution is 0.685. The van der Waals surface area contributed by atoms with Crippen LogP contribution >= 0.6 is 0 Å². The van der Waals surface area contributed by atoms with Gasteiger partial charge in [-0.25, -0.2) is 4.52 Å². The minimum atomic E-state index is 0.617. The Labute approximate surface area is 95.1 Å². The van der Waals surface area contributed by atoms with Crippen molar-refractivity contribution in [1.29, 1.82) is 0 Å². The topological polar surface area (TPSA) is 22.2 Å². The summed E-state index contributed by atoms with van der Waals surface area (Å²) in [5.74, 6) is 3.33. The summed E-state index contributed by atoms with van der Waals surface area (Å²) in [6, 6.07) is 2.19. The first-order valence-electron chi connectivity index (χ1n) is 5.86. The fourth-order valence-corrected chi connectivity index (χ4v) is 2.60. The highest BCUT2D eigenvalue weighted by atomic mass is 15.3. The molecule has 1 aliphatic carbocycles. The maximum Gasteiger partial charge on any atom is 0.136 e. The second-order valence-electron chi connectivity index (χ2n) is 4.48. The van der Waals surface area contributed by atoms with Crippen molar-refractivity contribution in [1.82, 2.24) is 14.2 Å². The molecule has 0 amide bonds. The van der Waals surface area contributed by atoms with Crippen LogP contribution in [0.4, 0.5) is 0 Å². The zero-order chi connectivity index (χ0) is 11.0. The molecule has 16 heavy (non-hydrogen) atoms. The van der Waals surface area contributed by atoms with Gasteiger partial charge in [0.15, 0.2) is 0 Å². The van der Waals surface area contributed by atoms with E-state index in [1.165, 1.54) is 31.4 Å². The molecule has 0 aromatic carbocycles. The van der Waals surface area contributed by atoms with E-state index in [1.54, 1.807) is 0 Å². The summed E-state index contributed by atoms with van der Waals surface area (Å²) in [5.41, 5.74) is 2.35. The monoisotopic (exact) mass is 213 g/mol. The molecule has 2 heterocycles. The van der Waals surface area contributed by atoms with Gasteiger partial charge in [0, 0.05) is 24.4 Å². The molecule has 0 aliphatic heterocycles. The Morgan fingerprint density at radius 2 is 2.19 bits per heavy atom. The number of hydrogen-bond donors (Lipinski definition) is 0. The SMILES string of the molecule is C#CCn1ccn2nc(C3CCCC3)cc12. The number of imidazole rings is 1. The van der Waals surface area contributed by atoms with E-state index in [0.717, 1.165) is 5.65 Å². The molecule has 0 unspecified atom stereocenters. The molecule has 3 nitrogen and oxygen atoms in total. The van der Waals surface area contributed by atoms with Crippen LogP contribution in [0.1, 0.15) is 37.3 Å². The molecule has 0 spiro atoms. The third-order valence-corrected chi connectivity index (χ3v) is 3.45. The van der Waals surface area contributed by atoms with Crippen LogP contribution in [0.25, 0.3) is 5.65 Å². The van der Waals surface area contributed by atoms with Crippen molar-refractivity contribution in [2.24, 2.45) is 0 Å². The zero-order valence-electron chi connectivity index (χ0n) is 9.26. The van der Waals surface area contributed by atoms with Crippen molar-refractivity contribution in [3.8, 4) is 12.3 Å². The normalized spacial score (nSPS) is 16.9. The molecule has 82 valence electrons. The Morgan fingerprint density at radius 3 is 2.94 bits per heavy atom. The van der Waals surface area contributed by atoms with Crippen LogP contribution in [-0.2, 0) is 6.54 Å². The number of aromatic nitrogens is 3. The first-order chi connectivity index (χ1) is 7.88. The molecule has 0 saturated heterocycles. The van der Waals surface area contributed by atoms with Crippen LogP contribution in [0.2, 0.25) is 0 Å². The first kappa shape index (κ1) is 9.53. The van der Waals surface area contributed by atoms with E-state index in [1.807, 2.05) is 16.9 Å². The van der Waals surface area contributed by atoms with Gasteiger partial charge >= 0.3 is 0 Å². The maximum absolute atomic E-state index is 5.34. The number of terminal acetylenes is 1. The van der Waals surface area contributed by atoms with Gasteiger partial charge in [-0.1, -0.05) is 18.8 Å². The molecule has 2 aromatic rings. The fourth-order valence-electron chi connectivity index (χ4n) is 2.60. The Bertz CT molecular complexity index is 535. The highest BCUT2D eigenvalue weighted by Gasteiger charge is 2.20. The Hall–Kier alpha value is -1.69. The van der Waals surface area contributed by atoms with E-state index >= 15 is 0 Å². The predicted octanol–water partition coefficient (Wildman–Crippen LogP) is 2.43. The van der Waals surface area contributed by atoms with Gasteiger partial charge in [-0.05, 0) is 12.8 Å². The van der Waals surface area contributed by atoms with Crippen LogP contribution in [0.5, 0.6) is 0 Å². The van der Waals surface area contributed by atoms with Crippen LogP contribution < -0.4 is 0 Å². The molecule has 1 aliphatic rings. The summed E-state index contributed by atoms with van der Waals surface area (Å²) in [5, 5.41) is 4.62. The van der Waals surface area contributed by atoms with Gasteiger partial charge in [0.1, 0.15) is 5.65 Å². The second-order valence-corrected chi connectivity index (χ2v) is 4.48. The molecule has 3 rings (SSSR count). The largest absolute Gasteiger partial charge is 0.320 e. The van der Waals surface area contributed by atoms with Gasteiger partial charge in [-0.3, -0.25) is 0 Å². The highest BCUT2D eigenvalue weighted by molar-refractivity contribution is 5.42. The molecule has 2 aromatic heterocycles. The quantitative estimate of drug-likeness (QED) is 0.702. The molecule has 0 bridgehead atoms. The van der Waals surface area contributed by atoms with E-state index in [4.69, 9.17) is 6.42 Å². The summed E-state index contributed by atoms with van der Waals surface area (Å²) in [6.07, 6.45) is 14.6. The maximum atomic E-state index is 5.34. The fraction of sp³-hybridized carbons (Fsp3) is 0.462. The number of hydrogen-bond acceptors (Lipinski definition) is 1. The third kappa shape index (κ3) is 1.42. The molecule has 0 atom stereocenters. The van der Waals surface area contributed by atoms with Crippen molar-refractivity contribution in [3.05, 3.63) is 24.2 Å². The lowest BCUT2D eigenvalue weighted by Gasteiger charge is -2.02. The number of fused-ring (bicyclic) bond motifs is 1. The predicted molar refractivity (Wildman–Crippen MR) is 63.2 cm³/mol. The zero-order valence-corrected chi connectivity index (χ0v) is 9.26. The molecular weight excluding hydrogens is 198 g/mol. The standard InChI is InChI=1S/C13H15N3/c1-2-7-15-8-9-16-13(15)10-12(14-16)11-5-3-4-6-11/h1,8-11H,3-7H2. The average molecular weight is 213 g/mol. The second kappa shape index (κ2) is 3.71. The van der Waals surface area contributed by atoms with E-state index < -0.39 is 0 Å². The van der Waals surface area contributed by atoms with Crippen molar-refractivity contribution in [2.45, 2.75) is 38.1 Å². The van der Waals surface area contributed by atoms with E-state index in [9.17, 15) is 0 Å². The Kier molecular flexibility index (Phi) is 2.21. The van der Waals surface area contributed by atoms with Crippen LogP contribution in [0.15, 0.2) is 18.5 Å². The minimum Gasteiger partial charge on any atom is -0.320 e. The van der Waals surface area contributed by atoms with Crippen LogP contribution in [0, 0.1) is 12.3 Å². The lowest BCUT2D eigenvalue weighted by Crippen LogP contribution is -1.93. The summed E-state index contributed by atoms with van der Waals surface area (Å²) in [7, 11) is 0. The van der Waals surface area contributed by atoms with Crippen molar-refractivity contribution >= 4 is 5.65 Å². The van der Waals surface area contributed by atoms with Gasteiger partial charge in [0.25, 0.3) is 0 Å². The summed E-state index contributed by atoms with van der Waals surface area (Å²) < 4.78 is 4.00. The van der Waals surface area contributed by atoms with Gasteiger partial charge in [-0.2, -0.15) is 5.10 Å². The van der Waals surface area contributed by atoms with Crippen LogP contribution in [0.3, 0.4) is 0 Å². The number of nitrogens with zero attached hydrogens (tertiary/aromatic N) is 3. The van der Waals surface area contributed by atoms with E-state index in [-0.39, 0.29) is 0 Å². The molecule has 1 saturated carbocycles. The minimum absolute atomic E-state index is 0.617. The smallest absolute Gasteiger partial charge is 0.136 e. The summed E-state index contributed by atoms with van der Waals surface area (Å²) in [4.78, 5) is 0. The third-order valence-electron chi connectivity index (χ3n) is 3.45. The van der Waals surface area contributed by atoms with E-state index in [0.29, 0.717) is 12.5 Å². The van der Waals surface area contributed by atoms with Gasteiger partial charge in [0.2, 0.25) is 0 Å². The first-order valence-corrected chi connectivity index (χ1v) is 5.86. The average Bonchev–Trinajstić information content (AvgIpc) is 2.93.